The molecule has 2 aliphatic rings. The summed E-state index contributed by atoms with van der Waals surface area (Å²) in [6.45, 7) is 4.29. The fraction of sp³-hybridized carbons (Fsp3) is 0.412. The quantitative estimate of drug-likeness (QED) is 0.661. The van der Waals surface area contributed by atoms with E-state index >= 15 is 0 Å². The maximum atomic E-state index is 12.0. The van der Waals surface area contributed by atoms with E-state index in [0.717, 1.165) is 18.6 Å². The van der Waals surface area contributed by atoms with Gasteiger partial charge in [0, 0.05) is 17.2 Å². The van der Waals surface area contributed by atoms with Crippen LogP contribution in [0.15, 0.2) is 41.5 Å². The third-order valence-electron chi connectivity index (χ3n) is 4.30. The molecule has 0 radical (unpaired) electrons. The molecule has 1 fully saturated rings. The van der Waals surface area contributed by atoms with Crippen molar-refractivity contribution in [3.8, 4) is 0 Å². The number of carbonyl (C=O) groups excluding carboxylic acids is 1. The molecule has 1 aromatic carbocycles. The van der Waals surface area contributed by atoms with Crippen LogP contribution in [0.2, 0.25) is 0 Å². The van der Waals surface area contributed by atoms with E-state index in [9.17, 15) is 4.79 Å². The van der Waals surface area contributed by atoms with Gasteiger partial charge in [0.25, 0.3) is 5.91 Å². The van der Waals surface area contributed by atoms with Gasteiger partial charge in [-0.1, -0.05) is 38.1 Å². The highest BCUT2D eigenvalue weighted by Crippen LogP contribution is 2.40. The number of hydrogen-bond acceptors (Lipinski definition) is 2. The van der Waals surface area contributed by atoms with E-state index in [4.69, 9.17) is 0 Å². The molecular weight excluding hydrogens is 248 g/mol. The number of hydrazone groups is 1. The number of hydrogen-bond donors (Lipinski definition) is 1. The minimum atomic E-state index is -0.123. The van der Waals surface area contributed by atoms with Crippen molar-refractivity contribution < 1.29 is 4.79 Å². The molecule has 1 saturated carbocycles. The zero-order valence-electron chi connectivity index (χ0n) is 12.0. The molecule has 3 nitrogen and oxygen atoms in total. The number of allylic oxidation sites excluding steroid dienone is 2. The van der Waals surface area contributed by atoms with Crippen molar-refractivity contribution in [2.24, 2.45) is 16.9 Å². The summed E-state index contributed by atoms with van der Waals surface area (Å²) in [6.07, 6.45) is 6.54. The second-order valence-corrected chi connectivity index (χ2v) is 5.96. The summed E-state index contributed by atoms with van der Waals surface area (Å²) in [6, 6.07) is 7.75. The van der Waals surface area contributed by atoms with Crippen molar-refractivity contribution in [2.75, 3.05) is 0 Å². The number of fused-ring (bicyclic) bond motifs is 1. The summed E-state index contributed by atoms with van der Waals surface area (Å²) in [4.78, 5) is 12.0. The molecule has 0 saturated heterocycles. The molecule has 0 aromatic heterocycles. The highest BCUT2D eigenvalue weighted by molar-refractivity contribution is 5.98. The van der Waals surface area contributed by atoms with Crippen molar-refractivity contribution in [2.45, 2.75) is 32.6 Å². The summed E-state index contributed by atoms with van der Waals surface area (Å²) in [5, 5.41) is 4.28. The van der Waals surface area contributed by atoms with Gasteiger partial charge in [-0.05, 0) is 42.4 Å². The molecule has 3 heteroatoms. The molecule has 2 atom stereocenters. The molecule has 1 N–H and O–H groups in total. The van der Waals surface area contributed by atoms with E-state index in [0.29, 0.717) is 23.3 Å². The second kappa shape index (κ2) is 5.23. The predicted molar refractivity (Wildman–Crippen MR) is 80.8 cm³/mol. The highest BCUT2D eigenvalue weighted by atomic mass is 16.2. The van der Waals surface area contributed by atoms with E-state index < -0.39 is 0 Å². The predicted octanol–water partition coefficient (Wildman–Crippen LogP) is 3.49. The van der Waals surface area contributed by atoms with Crippen LogP contribution < -0.4 is 5.43 Å². The lowest BCUT2D eigenvalue weighted by molar-refractivity contribution is 0.0954. The average Bonchev–Trinajstić information content (AvgIpc) is 2.80. The molecule has 1 amide bonds. The smallest absolute Gasteiger partial charge is 0.267 e. The Labute approximate surface area is 119 Å². The molecule has 1 aromatic rings. The standard InChI is InChI=1S/C17H20N2O/c1-11(2)12-6-8-13(9-7-12)17(20)19-18-16-10-14-4-3-5-15(14)16/h3-4,6-9,11,14-15H,5,10H2,1-2H3,(H,19,20)/b18-16-. The van der Waals surface area contributed by atoms with Crippen LogP contribution >= 0.6 is 0 Å². The van der Waals surface area contributed by atoms with Gasteiger partial charge in [-0.3, -0.25) is 4.79 Å². The molecule has 104 valence electrons. The van der Waals surface area contributed by atoms with E-state index in [1.807, 2.05) is 24.3 Å². The van der Waals surface area contributed by atoms with Crippen LogP contribution in [0.1, 0.15) is 48.5 Å². The SMILES string of the molecule is CC(C)c1ccc(C(=O)N/N=C2/CC3C=CCC23)cc1. The molecule has 0 heterocycles. The summed E-state index contributed by atoms with van der Waals surface area (Å²) in [7, 11) is 0. The van der Waals surface area contributed by atoms with Gasteiger partial charge < -0.3 is 0 Å². The normalized spacial score (nSPS) is 25.6. The molecule has 3 rings (SSSR count). The van der Waals surface area contributed by atoms with E-state index in [-0.39, 0.29) is 5.91 Å². The minimum Gasteiger partial charge on any atom is -0.267 e. The Bertz CT molecular complexity index is 569. The molecule has 2 unspecified atom stereocenters. The Kier molecular flexibility index (Phi) is 3.43. The summed E-state index contributed by atoms with van der Waals surface area (Å²) in [5.41, 5.74) is 5.72. The minimum absolute atomic E-state index is 0.123. The van der Waals surface area contributed by atoms with Gasteiger partial charge in [0.1, 0.15) is 0 Å². The first-order valence-electron chi connectivity index (χ1n) is 7.28. The van der Waals surface area contributed by atoms with Crippen molar-refractivity contribution in [1.82, 2.24) is 5.43 Å². The number of amides is 1. The lowest BCUT2D eigenvalue weighted by Gasteiger charge is -2.31. The second-order valence-electron chi connectivity index (χ2n) is 5.96. The van der Waals surface area contributed by atoms with Gasteiger partial charge in [0.15, 0.2) is 0 Å². The largest absolute Gasteiger partial charge is 0.271 e. The Balaban J connectivity index is 1.61. The van der Waals surface area contributed by atoms with Crippen molar-refractivity contribution >= 4 is 11.6 Å². The van der Waals surface area contributed by atoms with Gasteiger partial charge in [-0.2, -0.15) is 5.10 Å². The van der Waals surface area contributed by atoms with Crippen LogP contribution in [0.25, 0.3) is 0 Å². The first-order valence-corrected chi connectivity index (χ1v) is 7.28. The van der Waals surface area contributed by atoms with E-state index in [1.165, 1.54) is 5.56 Å². The van der Waals surface area contributed by atoms with Crippen LogP contribution in [-0.2, 0) is 0 Å². The Hall–Kier alpha value is -1.90. The lowest BCUT2D eigenvalue weighted by Crippen LogP contribution is -2.35. The highest BCUT2D eigenvalue weighted by Gasteiger charge is 2.37. The number of benzene rings is 1. The Morgan fingerprint density at radius 2 is 2.05 bits per heavy atom. The lowest BCUT2D eigenvalue weighted by atomic mass is 9.74. The van der Waals surface area contributed by atoms with Gasteiger partial charge >= 0.3 is 0 Å². The summed E-state index contributed by atoms with van der Waals surface area (Å²) >= 11 is 0. The van der Waals surface area contributed by atoms with Crippen LogP contribution in [-0.4, -0.2) is 11.6 Å². The van der Waals surface area contributed by atoms with Gasteiger partial charge in [0.2, 0.25) is 0 Å². The monoisotopic (exact) mass is 268 g/mol. The maximum absolute atomic E-state index is 12.0. The first kappa shape index (κ1) is 13.1. The van der Waals surface area contributed by atoms with Crippen molar-refractivity contribution in [1.29, 1.82) is 0 Å². The summed E-state index contributed by atoms with van der Waals surface area (Å²) < 4.78 is 0. The van der Waals surface area contributed by atoms with Crippen LogP contribution in [0.5, 0.6) is 0 Å². The zero-order chi connectivity index (χ0) is 14.1. The van der Waals surface area contributed by atoms with Crippen LogP contribution in [0.4, 0.5) is 0 Å². The number of nitrogens with one attached hydrogen (secondary N) is 1. The fourth-order valence-electron chi connectivity index (χ4n) is 2.87. The van der Waals surface area contributed by atoms with E-state index in [1.54, 1.807) is 0 Å². The molecule has 0 spiro atoms. The van der Waals surface area contributed by atoms with Gasteiger partial charge in [-0.15, -0.1) is 0 Å². The molecule has 20 heavy (non-hydrogen) atoms. The molecule has 2 aliphatic carbocycles. The van der Waals surface area contributed by atoms with Crippen molar-refractivity contribution in [3.05, 3.63) is 47.5 Å². The van der Waals surface area contributed by atoms with Crippen molar-refractivity contribution in [3.63, 3.8) is 0 Å². The zero-order valence-corrected chi connectivity index (χ0v) is 12.0. The number of carbonyl (C=O) groups is 1. The first-order chi connectivity index (χ1) is 9.65. The number of nitrogens with zero attached hydrogens (tertiary/aromatic N) is 1. The summed E-state index contributed by atoms with van der Waals surface area (Å²) in [5.74, 6) is 1.56. The Morgan fingerprint density at radius 1 is 1.30 bits per heavy atom. The number of rotatable bonds is 3. The van der Waals surface area contributed by atoms with Gasteiger partial charge in [0.05, 0.1) is 0 Å². The molecule has 0 aliphatic heterocycles. The van der Waals surface area contributed by atoms with Gasteiger partial charge in [-0.25, -0.2) is 5.43 Å². The third-order valence-corrected chi connectivity index (χ3v) is 4.30. The Morgan fingerprint density at radius 3 is 2.70 bits per heavy atom. The van der Waals surface area contributed by atoms with Crippen LogP contribution in [0, 0.1) is 11.8 Å². The fourth-order valence-corrected chi connectivity index (χ4v) is 2.87. The topological polar surface area (TPSA) is 41.5 Å². The third kappa shape index (κ3) is 2.40. The van der Waals surface area contributed by atoms with Crippen LogP contribution in [0.3, 0.4) is 0 Å². The maximum Gasteiger partial charge on any atom is 0.271 e. The molecular formula is C17H20N2O. The average molecular weight is 268 g/mol. The van der Waals surface area contributed by atoms with E-state index in [2.05, 4.69) is 36.5 Å². The molecule has 0 bridgehead atoms.